The Morgan fingerprint density at radius 1 is 1.13 bits per heavy atom. The van der Waals surface area contributed by atoms with Crippen LogP contribution in [0.3, 0.4) is 0 Å². The maximum atomic E-state index is 12.6. The first-order valence-corrected chi connectivity index (χ1v) is 9.70. The van der Waals surface area contributed by atoms with Crippen LogP contribution in [0.2, 0.25) is 0 Å². The Balaban J connectivity index is 1.55. The monoisotopic (exact) mass is 318 g/mol. The number of carbonyl (C=O) groups excluding carboxylic acids is 1. The molecule has 5 aliphatic rings. The number of epoxide rings is 1. The molecule has 128 valence electrons. The molecule has 0 bridgehead atoms. The maximum absolute atomic E-state index is 12.6. The van der Waals surface area contributed by atoms with Gasteiger partial charge in [-0.2, -0.15) is 0 Å². The van der Waals surface area contributed by atoms with Crippen LogP contribution in [-0.4, -0.2) is 31.2 Å². The molecule has 1 aliphatic heterocycles. The minimum atomic E-state index is -0.113. The summed E-state index contributed by atoms with van der Waals surface area (Å²) in [5.74, 6) is 3.13. The third-order valence-electron chi connectivity index (χ3n) is 8.85. The van der Waals surface area contributed by atoms with E-state index in [1.165, 1.54) is 25.7 Å². The zero-order valence-corrected chi connectivity index (χ0v) is 14.7. The van der Waals surface area contributed by atoms with Gasteiger partial charge in [0.25, 0.3) is 0 Å². The van der Waals surface area contributed by atoms with Gasteiger partial charge in [-0.1, -0.05) is 13.8 Å². The van der Waals surface area contributed by atoms with Crippen LogP contribution >= 0.6 is 0 Å². The average molecular weight is 318 g/mol. The minimum Gasteiger partial charge on any atom is -0.381 e. The predicted molar refractivity (Wildman–Crippen MR) is 87.0 cm³/mol. The second-order valence-corrected chi connectivity index (χ2v) is 9.52. The van der Waals surface area contributed by atoms with Crippen LogP contribution in [0.4, 0.5) is 0 Å². The molecule has 4 saturated carbocycles. The lowest BCUT2D eigenvalue weighted by atomic mass is 9.44. The van der Waals surface area contributed by atoms with Crippen LogP contribution in [0, 0.1) is 34.5 Å². The second kappa shape index (κ2) is 4.60. The van der Waals surface area contributed by atoms with Crippen molar-refractivity contribution in [1.29, 1.82) is 0 Å². The minimum absolute atomic E-state index is 0.113. The second-order valence-electron chi connectivity index (χ2n) is 9.52. The molecular weight excluding hydrogens is 288 g/mol. The van der Waals surface area contributed by atoms with Crippen molar-refractivity contribution in [2.24, 2.45) is 34.5 Å². The van der Waals surface area contributed by atoms with Crippen LogP contribution in [0.1, 0.15) is 58.8 Å². The van der Waals surface area contributed by atoms with Crippen LogP contribution < -0.4 is 0 Å². The number of fused-ring (bicyclic) bond motifs is 7. The third kappa shape index (κ3) is 1.76. The Bertz CT molecular complexity index is 545. The molecule has 0 unspecified atom stereocenters. The number of hydrogen-bond donors (Lipinski definition) is 0. The van der Waals surface area contributed by atoms with Gasteiger partial charge in [-0.3, -0.25) is 4.79 Å². The molecule has 0 aromatic heterocycles. The highest BCUT2D eigenvalue weighted by Gasteiger charge is 2.67. The molecule has 5 rings (SSSR count). The van der Waals surface area contributed by atoms with Gasteiger partial charge in [0.15, 0.2) is 0 Å². The summed E-state index contributed by atoms with van der Waals surface area (Å²) in [5.41, 5.74) is 0.243. The van der Waals surface area contributed by atoms with E-state index in [1.54, 1.807) is 0 Å². The van der Waals surface area contributed by atoms with E-state index < -0.39 is 0 Å². The van der Waals surface area contributed by atoms with Crippen LogP contribution in [0.5, 0.6) is 0 Å². The highest BCUT2D eigenvalue weighted by atomic mass is 16.6. The number of ketones is 1. The van der Waals surface area contributed by atoms with Gasteiger partial charge in [-0.05, 0) is 67.6 Å². The largest absolute Gasteiger partial charge is 0.381 e. The van der Waals surface area contributed by atoms with Crippen LogP contribution in [0.25, 0.3) is 0 Å². The van der Waals surface area contributed by atoms with Crippen LogP contribution in [0.15, 0.2) is 0 Å². The van der Waals surface area contributed by atoms with Gasteiger partial charge in [0.2, 0.25) is 0 Å². The molecule has 5 fully saturated rings. The van der Waals surface area contributed by atoms with Gasteiger partial charge < -0.3 is 9.47 Å². The zero-order chi connectivity index (χ0) is 16.0. The van der Waals surface area contributed by atoms with Crippen molar-refractivity contribution in [1.82, 2.24) is 0 Å². The Morgan fingerprint density at radius 2 is 1.96 bits per heavy atom. The van der Waals surface area contributed by atoms with E-state index >= 15 is 0 Å². The Hall–Kier alpha value is -0.410. The van der Waals surface area contributed by atoms with Crippen molar-refractivity contribution in [2.75, 3.05) is 7.11 Å². The molecule has 0 aromatic carbocycles. The number of carbonyl (C=O) groups is 1. The highest BCUT2D eigenvalue weighted by molar-refractivity contribution is 5.87. The summed E-state index contributed by atoms with van der Waals surface area (Å²) < 4.78 is 12.0. The molecular formula is C20H30O3. The van der Waals surface area contributed by atoms with Gasteiger partial charge >= 0.3 is 0 Å². The maximum Gasteiger partial charge on any atom is 0.139 e. The fraction of sp³-hybridized carbons (Fsp3) is 0.950. The van der Waals surface area contributed by atoms with E-state index in [9.17, 15) is 4.79 Å². The smallest absolute Gasteiger partial charge is 0.139 e. The Kier molecular flexibility index (Phi) is 2.98. The van der Waals surface area contributed by atoms with E-state index in [4.69, 9.17) is 9.47 Å². The van der Waals surface area contributed by atoms with Crippen molar-refractivity contribution in [3.63, 3.8) is 0 Å². The van der Waals surface area contributed by atoms with Crippen LogP contribution in [-0.2, 0) is 14.3 Å². The average Bonchev–Trinajstić information content (AvgIpc) is 3.25. The molecule has 23 heavy (non-hydrogen) atoms. The zero-order valence-electron chi connectivity index (χ0n) is 14.7. The third-order valence-corrected chi connectivity index (χ3v) is 8.85. The summed E-state index contributed by atoms with van der Waals surface area (Å²) in [6.07, 6.45) is 9.33. The molecule has 3 nitrogen and oxygen atoms in total. The van der Waals surface area contributed by atoms with Gasteiger partial charge in [-0.25, -0.2) is 0 Å². The SMILES string of the molecule is CO[C@H]1C[C@]2(C)C(=O)CC[C@H]2[C@@H]2CC[C@H]3[C@@H]4O[C@@H]4CC[C@]3(C)[C@H]21. The lowest BCUT2D eigenvalue weighted by molar-refractivity contribution is -0.174. The van der Waals surface area contributed by atoms with Crippen molar-refractivity contribution >= 4 is 5.78 Å². The molecule has 0 amide bonds. The topological polar surface area (TPSA) is 38.8 Å². The molecule has 1 heterocycles. The van der Waals surface area contributed by atoms with Gasteiger partial charge in [-0.15, -0.1) is 0 Å². The van der Waals surface area contributed by atoms with E-state index in [0.717, 1.165) is 25.2 Å². The number of ether oxygens (including phenoxy) is 2. The molecule has 1 saturated heterocycles. The van der Waals surface area contributed by atoms with Crippen molar-refractivity contribution in [3.05, 3.63) is 0 Å². The summed E-state index contributed by atoms with van der Waals surface area (Å²) in [7, 11) is 1.87. The molecule has 0 spiro atoms. The van der Waals surface area contributed by atoms with E-state index in [1.807, 2.05) is 7.11 Å². The summed E-state index contributed by atoms with van der Waals surface area (Å²) in [4.78, 5) is 12.6. The van der Waals surface area contributed by atoms with Gasteiger partial charge in [0.1, 0.15) is 5.78 Å². The Labute approximate surface area is 139 Å². The molecule has 0 N–H and O–H groups in total. The first kappa shape index (κ1) is 14.9. The standard InChI is InChI=1S/C20H30O3/c1-19-9-8-14-18(23-14)13(19)5-4-11-12-6-7-16(21)20(12,2)10-15(22-3)17(11)19/h11-15,17-18H,4-10H2,1-3H3/t11-,12-,13-,14+,15-,17+,18-,19-,20-/m0/s1. The van der Waals surface area contributed by atoms with E-state index in [-0.39, 0.29) is 11.5 Å². The molecule has 0 radical (unpaired) electrons. The fourth-order valence-electron chi connectivity index (χ4n) is 7.68. The predicted octanol–water partition coefficient (Wildman–Crippen LogP) is 3.60. The number of hydrogen-bond acceptors (Lipinski definition) is 3. The molecule has 0 aromatic rings. The first-order valence-electron chi connectivity index (χ1n) is 9.70. The van der Waals surface area contributed by atoms with Gasteiger partial charge in [0, 0.05) is 18.9 Å². The fourth-order valence-corrected chi connectivity index (χ4v) is 7.68. The normalized spacial score (nSPS) is 60.5. The number of Topliss-reactive ketones (excluding diaryl/α,β-unsaturated/α-hetero) is 1. The molecule has 4 aliphatic carbocycles. The van der Waals surface area contributed by atoms with E-state index in [2.05, 4.69) is 13.8 Å². The first-order chi connectivity index (χ1) is 11.0. The summed E-state index contributed by atoms with van der Waals surface area (Å²) in [6, 6.07) is 0. The van der Waals surface area contributed by atoms with E-state index in [0.29, 0.717) is 41.2 Å². The van der Waals surface area contributed by atoms with Crippen molar-refractivity contribution < 1.29 is 14.3 Å². The highest BCUT2D eigenvalue weighted by Crippen LogP contribution is 2.67. The lowest BCUT2D eigenvalue weighted by Gasteiger charge is -2.61. The quantitative estimate of drug-likeness (QED) is 0.693. The molecule has 9 atom stereocenters. The lowest BCUT2D eigenvalue weighted by Crippen LogP contribution is -2.59. The van der Waals surface area contributed by atoms with Gasteiger partial charge in [0.05, 0.1) is 18.3 Å². The number of methoxy groups -OCH3 is 1. The van der Waals surface area contributed by atoms with Crippen molar-refractivity contribution in [2.45, 2.75) is 77.1 Å². The number of rotatable bonds is 1. The Morgan fingerprint density at radius 3 is 2.74 bits per heavy atom. The summed E-state index contributed by atoms with van der Waals surface area (Å²) in [6.45, 7) is 4.77. The molecule has 3 heteroatoms. The summed E-state index contributed by atoms with van der Waals surface area (Å²) >= 11 is 0. The van der Waals surface area contributed by atoms with Crippen molar-refractivity contribution in [3.8, 4) is 0 Å². The summed E-state index contributed by atoms with van der Waals surface area (Å²) in [5, 5.41) is 0.